The van der Waals surface area contributed by atoms with Crippen LogP contribution in [0.15, 0.2) is 12.1 Å². The Morgan fingerprint density at radius 2 is 1.44 bits per heavy atom. The van der Waals surface area contributed by atoms with Gasteiger partial charge in [-0.05, 0) is 58.6 Å². The summed E-state index contributed by atoms with van der Waals surface area (Å²) in [6.45, 7) is 8.36. The number of hydrogen-bond acceptors (Lipinski definition) is 5. The SMILES string of the molecule is CCOc1cc(C(=O)N2CCC(NC(=O)C3CCCCC3)CC2)cc(OCC)c1OCC. The summed E-state index contributed by atoms with van der Waals surface area (Å²) in [6.07, 6.45) is 7.11. The van der Waals surface area contributed by atoms with E-state index >= 15 is 0 Å². The average Bonchev–Trinajstić information content (AvgIpc) is 2.82. The van der Waals surface area contributed by atoms with Crippen LogP contribution in [0.3, 0.4) is 0 Å². The van der Waals surface area contributed by atoms with Gasteiger partial charge in [-0.25, -0.2) is 0 Å². The van der Waals surface area contributed by atoms with E-state index in [4.69, 9.17) is 14.2 Å². The fraction of sp³-hybridized carbons (Fsp3) is 0.680. The predicted molar refractivity (Wildman–Crippen MR) is 124 cm³/mol. The lowest BCUT2D eigenvalue weighted by molar-refractivity contribution is -0.126. The Hall–Kier alpha value is -2.44. The van der Waals surface area contributed by atoms with Crippen molar-refractivity contribution >= 4 is 11.8 Å². The number of carbonyl (C=O) groups is 2. The maximum atomic E-state index is 13.2. The van der Waals surface area contributed by atoms with Crippen LogP contribution in [0.2, 0.25) is 0 Å². The van der Waals surface area contributed by atoms with E-state index < -0.39 is 0 Å². The minimum absolute atomic E-state index is 0.0491. The van der Waals surface area contributed by atoms with Crippen molar-refractivity contribution in [2.45, 2.75) is 71.8 Å². The lowest BCUT2D eigenvalue weighted by Crippen LogP contribution is -2.48. The predicted octanol–water partition coefficient (Wildman–Crippen LogP) is 4.18. The number of nitrogens with one attached hydrogen (secondary N) is 1. The van der Waals surface area contributed by atoms with E-state index in [-0.39, 0.29) is 23.8 Å². The Labute approximate surface area is 191 Å². The second kappa shape index (κ2) is 12.0. The Kier molecular flexibility index (Phi) is 9.06. The van der Waals surface area contributed by atoms with E-state index in [1.54, 1.807) is 12.1 Å². The van der Waals surface area contributed by atoms with Crippen molar-refractivity contribution in [2.24, 2.45) is 5.92 Å². The van der Waals surface area contributed by atoms with E-state index in [0.29, 0.717) is 55.7 Å². The molecule has 2 amide bonds. The maximum Gasteiger partial charge on any atom is 0.254 e. The second-order valence-electron chi connectivity index (χ2n) is 8.51. The summed E-state index contributed by atoms with van der Waals surface area (Å²) in [5.41, 5.74) is 0.532. The van der Waals surface area contributed by atoms with E-state index in [1.165, 1.54) is 6.42 Å². The topological polar surface area (TPSA) is 77.1 Å². The van der Waals surface area contributed by atoms with Gasteiger partial charge in [0.2, 0.25) is 11.7 Å². The quantitative estimate of drug-likeness (QED) is 0.616. The lowest BCUT2D eigenvalue weighted by atomic mass is 9.88. The van der Waals surface area contributed by atoms with Crippen molar-refractivity contribution in [2.75, 3.05) is 32.9 Å². The molecule has 1 heterocycles. The van der Waals surface area contributed by atoms with E-state index in [2.05, 4.69) is 5.32 Å². The van der Waals surface area contributed by atoms with Crippen LogP contribution < -0.4 is 19.5 Å². The van der Waals surface area contributed by atoms with Crippen LogP contribution >= 0.6 is 0 Å². The molecule has 7 nitrogen and oxygen atoms in total. The molecule has 1 N–H and O–H groups in total. The highest BCUT2D eigenvalue weighted by atomic mass is 16.5. The molecule has 0 unspecified atom stereocenters. The van der Waals surface area contributed by atoms with E-state index in [0.717, 1.165) is 38.5 Å². The monoisotopic (exact) mass is 446 g/mol. The van der Waals surface area contributed by atoms with Crippen LogP contribution in [0.1, 0.15) is 76.1 Å². The number of ether oxygens (including phenoxy) is 3. The van der Waals surface area contributed by atoms with Gasteiger partial charge in [-0.3, -0.25) is 9.59 Å². The molecule has 3 rings (SSSR count). The highest BCUT2D eigenvalue weighted by molar-refractivity contribution is 5.95. The molecule has 0 aromatic heterocycles. The van der Waals surface area contributed by atoms with Crippen LogP contribution in [-0.2, 0) is 4.79 Å². The lowest BCUT2D eigenvalue weighted by Gasteiger charge is -2.33. The standard InChI is InChI=1S/C25H38N2O5/c1-4-30-21-16-19(17-22(31-5-2)23(21)32-6-3)25(29)27-14-12-20(13-15-27)26-24(28)18-10-8-7-9-11-18/h16-18,20H,4-15H2,1-3H3,(H,26,28). The highest BCUT2D eigenvalue weighted by Crippen LogP contribution is 2.39. The number of nitrogens with zero attached hydrogens (tertiary/aromatic N) is 1. The molecule has 7 heteroatoms. The molecule has 0 atom stereocenters. The minimum Gasteiger partial charge on any atom is -0.490 e. The van der Waals surface area contributed by atoms with Crippen LogP contribution in [0.4, 0.5) is 0 Å². The third-order valence-corrected chi connectivity index (χ3v) is 6.26. The average molecular weight is 447 g/mol. The molecule has 2 aliphatic rings. The summed E-state index contributed by atoms with van der Waals surface area (Å²) in [5.74, 6) is 1.91. The van der Waals surface area contributed by atoms with Crippen molar-refractivity contribution in [1.29, 1.82) is 0 Å². The third kappa shape index (κ3) is 6.08. The van der Waals surface area contributed by atoms with E-state index in [9.17, 15) is 9.59 Å². The van der Waals surface area contributed by atoms with Gasteiger partial charge in [0.25, 0.3) is 5.91 Å². The van der Waals surface area contributed by atoms with Crippen LogP contribution in [0.25, 0.3) is 0 Å². The number of piperidine rings is 1. The van der Waals surface area contributed by atoms with Crippen molar-refractivity contribution < 1.29 is 23.8 Å². The Morgan fingerprint density at radius 3 is 1.97 bits per heavy atom. The molecule has 2 fully saturated rings. The molecule has 32 heavy (non-hydrogen) atoms. The van der Waals surface area contributed by atoms with Gasteiger partial charge in [-0.1, -0.05) is 19.3 Å². The Balaban J connectivity index is 1.64. The summed E-state index contributed by atoms with van der Waals surface area (Å²) in [6, 6.07) is 3.64. The molecule has 0 bridgehead atoms. The number of rotatable bonds is 9. The summed E-state index contributed by atoms with van der Waals surface area (Å²) < 4.78 is 17.2. The van der Waals surface area contributed by atoms with Gasteiger partial charge in [-0.15, -0.1) is 0 Å². The molecule has 1 aromatic carbocycles. The number of likely N-dealkylation sites (tertiary alicyclic amines) is 1. The normalized spacial score (nSPS) is 17.7. The van der Waals surface area contributed by atoms with Crippen LogP contribution in [0.5, 0.6) is 17.2 Å². The minimum atomic E-state index is -0.0491. The molecule has 178 valence electrons. The Morgan fingerprint density at radius 1 is 0.875 bits per heavy atom. The third-order valence-electron chi connectivity index (χ3n) is 6.26. The highest BCUT2D eigenvalue weighted by Gasteiger charge is 2.28. The fourth-order valence-electron chi connectivity index (χ4n) is 4.61. The number of amides is 2. The first-order valence-electron chi connectivity index (χ1n) is 12.2. The zero-order valence-electron chi connectivity index (χ0n) is 19.8. The zero-order chi connectivity index (χ0) is 22.9. The molecule has 1 saturated carbocycles. The van der Waals surface area contributed by atoms with Gasteiger partial charge in [0.15, 0.2) is 11.5 Å². The van der Waals surface area contributed by atoms with E-state index in [1.807, 2.05) is 25.7 Å². The fourth-order valence-corrected chi connectivity index (χ4v) is 4.61. The van der Waals surface area contributed by atoms with Gasteiger partial charge in [0, 0.05) is 30.6 Å². The maximum absolute atomic E-state index is 13.2. The largest absolute Gasteiger partial charge is 0.490 e. The Bertz CT molecular complexity index is 741. The van der Waals surface area contributed by atoms with Gasteiger partial charge in [-0.2, -0.15) is 0 Å². The second-order valence-corrected chi connectivity index (χ2v) is 8.51. The van der Waals surface area contributed by atoms with Gasteiger partial charge in [0.1, 0.15) is 0 Å². The first kappa shape index (κ1) is 24.2. The zero-order valence-corrected chi connectivity index (χ0v) is 19.8. The van der Waals surface area contributed by atoms with Gasteiger partial charge >= 0.3 is 0 Å². The molecule has 0 radical (unpaired) electrons. The molecular formula is C25H38N2O5. The molecule has 1 saturated heterocycles. The molecule has 1 aliphatic heterocycles. The van der Waals surface area contributed by atoms with Gasteiger partial charge in [0.05, 0.1) is 19.8 Å². The summed E-state index contributed by atoms with van der Waals surface area (Å²) in [4.78, 5) is 27.7. The first-order valence-corrected chi connectivity index (χ1v) is 12.2. The van der Waals surface area contributed by atoms with Crippen LogP contribution in [0, 0.1) is 5.92 Å². The van der Waals surface area contributed by atoms with Crippen molar-refractivity contribution in [1.82, 2.24) is 10.2 Å². The number of benzene rings is 1. The summed E-state index contributed by atoms with van der Waals surface area (Å²) in [5, 5.41) is 3.23. The van der Waals surface area contributed by atoms with Crippen molar-refractivity contribution in [3.8, 4) is 17.2 Å². The van der Waals surface area contributed by atoms with Gasteiger partial charge < -0.3 is 24.4 Å². The van der Waals surface area contributed by atoms with Crippen molar-refractivity contribution in [3.63, 3.8) is 0 Å². The number of hydrogen-bond donors (Lipinski definition) is 1. The summed E-state index contributed by atoms with van der Waals surface area (Å²) in [7, 11) is 0. The molecule has 1 aromatic rings. The number of carbonyl (C=O) groups excluding carboxylic acids is 2. The molecular weight excluding hydrogens is 408 g/mol. The smallest absolute Gasteiger partial charge is 0.254 e. The summed E-state index contributed by atoms with van der Waals surface area (Å²) >= 11 is 0. The molecule has 1 aliphatic carbocycles. The van der Waals surface area contributed by atoms with Crippen LogP contribution in [-0.4, -0.2) is 55.7 Å². The molecule has 0 spiro atoms. The first-order chi connectivity index (χ1) is 15.6. The van der Waals surface area contributed by atoms with Crippen molar-refractivity contribution in [3.05, 3.63) is 17.7 Å².